The lowest BCUT2D eigenvalue weighted by molar-refractivity contribution is 0.485. The van der Waals surface area contributed by atoms with Gasteiger partial charge in [0.15, 0.2) is 0 Å². The van der Waals surface area contributed by atoms with Crippen LogP contribution in [0.4, 0.5) is 0 Å². The van der Waals surface area contributed by atoms with E-state index < -0.39 is 5.54 Å². The fraction of sp³-hybridized carbons (Fsp3) is 0.400. The third-order valence-electron chi connectivity index (χ3n) is 1.76. The van der Waals surface area contributed by atoms with Crippen LogP contribution >= 0.6 is 0 Å². The second-order valence-electron chi connectivity index (χ2n) is 3.45. The molecule has 0 bridgehead atoms. The van der Waals surface area contributed by atoms with Crippen molar-refractivity contribution >= 4 is 0 Å². The Morgan fingerprint density at radius 3 is 2.62 bits per heavy atom. The summed E-state index contributed by atoms with van der Waals surface area (Å²) in [5, 5.41) is 11.9. The smallest absolute Gasteiger partial charge is 0.101 e. The molecule has 1 rings (SSSR count). The number of aromatic nitrogens is 1. The molecule has 0 saturated carbocycles. The fourth-order valence-corrected chi connectivity index (χ4v) is 0.863. The zero-order chi connectivity index (χ0) is 9.73. The van der Waals surface area contributed by atoms with Gasteiger partial charge in [-0.15, -0.1) is 0 Å². The first-order chi connectivity index (χ1) is 6.14. The number of rotatable bonds is 3. The SMILES string of the molecule is CC(C)(C#N)NCc1ccncc1. The summed E-state index contributed by atoms with van der Waals surface area (Å²) in [6.45, 7) is 4.41. The molecular weight excluding hydrogens is 162 g/mol. The monoisotopic (exact) mass is 175 g/mol. The van der Waals surface area contributed by atoms with Gasteiger partial charge in [0.05, 0.1) is 6.07 Å². The van der Waals surface area contributed by atoms with Gasteiger partial charge < -0.3 is 0 Å². The van der Waals surface area contributed by atoms with Gasteiger partial charge in [0, 0.05) is 18.9 Å². The standard InChI is InChI=1S/C10H13N3/c1-10(2,8-11)13-7-9-3-5-12-6-4-9/h3-6,13H,7H2,1-2H3. The number of hydrogen-bond acceptors (Lipinski definition) is 3. The van der Waals surface area contributed by atoms with Crippen LogP contribution in [-0.2, 0) is 6.54 Å². The van der Waals surface area contributed by atoms with E-state index in [0.717, 1.165) is 5.56 Å². The first-order valence-electron chi connectivity index (χ1n) is 4.19. The molecule has 3 nitrogen and oxygen atoms in total. The zero-order valence-corrected chi connectivity index (χ0v) is 7.91. The Hall–Kier alpha value is -1.40. The lowest BCUT2D eigenvalue weighted by Gasteiger charge is -2.17. The molecule has 0 atom stereocenters. The maximum absolute atomic E-state index is 8.75. The predicted molar refractivity (Wildman–Crippen MR) is 50.8 cm³/mol. The quantitative estimate of drug-likeness (QED) is 0.756. The Labute approximate surface area is 78.4 Å². The summed E-state index contributed by atoms with van der Waals surface area (Å²) in [5.41, 5.74) is 0.668. The van der Waals surface area contributed by atoms with Crippen LogP contribution in [0.15, 0.2) is 24.5 Å². The van der Waals surface area contributed by atoms with Crippen LogP contribution in [-0.4, -0.2) is 10.5 Å². The normalized spacial score (nSPS) is 10.8. The molecule has 1 aromatic heterocycles. The molecule has 0 aromatic carbocycles. The van der Waals surface area contributed by atoms with Gasteiger partial charge in [-0.25, -0.2) is 0 Å². The van der Waals surface area contributed by atoms with Crippen LogP contribution in [0, 0.1) is 11.3 Å². The van der Waals surface area contributed by atoms with Crippen LogP contribution in [0.1, 0.15) is 19.4 Å². The van der Waals surface area contributed by atoms with E-state index in [1.54, 1.807) is 12.4 Å². The van der Waals surface area contributed by atoms with Crippen molar-refractivity contribution in [2.45, 2.75) is 25.9 Å². The Balaban J connectivity index is 2.50. The molecule has 1 aromatic rings. The average Bonchev–Trinajstić information content (AvgIpc) is 2.17. The minimum atomic E-state index is -0.469. The van der Waals surface area contributed by atoms with Crippen molar-refractivity contribution in [1.82, 2.24) is 10.3 Å². The van der Waals surface area contributed by atoms with Gasteiger partial charge in [-0.2, -0.15) is 5.26 Å². The molecule has 0 spiro atoms. The number of nitriles is 1. The molecule has 0 unspecified atom stereocenters. The molecule has 1 N–H and O–H groups in total. The first kappa shape index (κ1) is 9.69. The van der Waals surface area contributed by atoms with Crippen molar-refractivity contribution in [2.75, 3.05) is 0 Å². The minimum absolute atomic E-state index is 0.469. The van der Waals surface area contributed by atoms with Crippen molar-refractivity contribution in [2.24, 2.45) is 0 Å². The molecule has 0 amide bonds. The average molecular weight is 175 g/mol. The van der Waals surface area contributed by atoms with E-state index in [0.29, 0.717) is 6.54 Å². The summed E-state index contributed by atoms with van der Waals surface area (Å²) in [4.78, 5) is 3.92. The molecule has 0 aliphatic carbocycles. The molecule has 13 heavy (non-hydrogen) atoms. The molecule has 3 heteroatoms. The summed E-state index contributed by atoms with van der Waals surface area (Å²) in [6, 6.07) is 6.05. The number of pyridine rings is 1. The van der Waals surface area contributed by atoms with Gasteiger partial charge in [-0.1, -0.05) is 0 Å². The van der Waals surface area contributed by atoms with Crippen molar-refractivity contribution in [3.8, 4) is 6.07 Å². The topological polar surface area (TPSA) is 48.7 Å². The maximum atomic E-state index is 8.75. The summed E-state index contributed by atoms with van der Waals surface area (Å²) in [7, 11) is 0. The lowest BCUT2D eigenvalue weighted by Crippen LogP contribution is -2.36. The Morgan fingerprint density at radius 2 is 2.08 bits per heavy atom. The van der Waals surface area contributed by atoms with Crippen LogP contribution in [0.5, 0.6) is 0 Å². The van der Waals surface area contributed by atoms with Crippen molar-refractivity contribution in [1.29, 1.82) is 5.26 Å². The molecule has 0 fully saturated rings. The van der Waals surface area contributed by atoms with E-state index in [4.69, 9.17) is 5.26 Å². The van der Waals surface area contributed by atoms with Crippen molar-refractivity contribution in [3.05, 3.63) is 30.1 Å². The maximum Gasteiger partial charge on any atom is 0.101 e. The lowest BCUT2D eigenvalue weighted by atomic mass is 10.1. The highest BCUT2D eigenvalue weighted by Gasteiger charge is 2.14. The first-order valence-corrected chi connectivity index (χ1v) is 4.19. The van der Waals surface area contributed by atoms with Crippen molar-refractivity contribution < 1.29 is 0 Å². The van der Waals surface area contributed by atoms with E-state index in [1.807, 2.05) is 26.0 Å². The summed E-state index contributed by atoms with van der Waals surface area (Å²) in [6.07, 6.45) is 3.49. The minimum Gasteiger partial charge on any atom is -0.296 e. The molecule has 1 heterocycles. The zero-order valence-electron chi connectivity index (χ0n) is 7.91. The van der Waals surface area contributed by atoms with E-state index in [2.05, 4.69) is 16.4 Å². The second-order valence-corrected chi connectivity index (χ2v) is 3.45. The van der Waals surface area contributed by atoms with Crippen LogP contribution in [0.25, 0.3) is 0 Å². The predicted octanol–water partition coefficient (Wildman–Crippen LogP) is 1.47. The third-order valence-corrected chi connectivity index (χ3v) is 1.76. The molecule has 0 radical (unpaired) electrons. The van der Waals surface area contributed by atoms with E-state index >= 15 is 0 Å². The third kappa shape index (κ3) is 3.22. The Morgan fingerprint density at radius 1 is 1.46 bits per heavy atom. The largest absolute Gasteiger partial charge is 0.296 e. The Bertz CT molecular complexity index is 298. The van der Waals surface area contributed by atoms with Gasteiger partial charge >= 0.3 is 0 Å². The molecule has 0 aliphatic rings. The number of hydrogen-bond donors (Lipinski definition) is 1. The summed E-state index contributed by atoms with van der Waals surface area (Å²) < 4.78 is 0. The highest BCUT2D eigenvalue weighted by molar-refractivity contribution is 5.11. The van der Waals surface area contributed by atoms with Gasteiger partial charge in [0.1, 0.15) is 5.54 Å². The van der Waals surface area contributed by atoms with Gasteiger partial charge in [0.25, 0.3) is 0 Å². The van der Waals surface area contributed by atoms with Gasteiger partial charge in [-0.05, 0) is 31.5 Å². The van der Waals surface area contributed by atoms with Crippen molar-refractivity contribution in [3.63, 3.8) is 0 Å². The van der Waals surface area contributed by atoms with E-state index in [-0.39, 0.29) is 0 Å². The Kier molecular flexibility index (Phi) is 2.99. The second kappa shape index (κ2) is 4.01. The molecule has 68 valence electrons. The van der Waals surface area contributed by atoms with Crippen LogP contribution in [0.3, 0.4) is 0 Å². The summed E-state index contributed by atoms with van der Waals surface area (Å²) >= 11 is 0. The molecule has 0 aliphatic heterocycles. The van der Waals surface area contributed by atoms with E-state index in [9.17, 15) is 0 Å². The van der Waals surface area contributed by atoms with Crippen LogP contribution in [0.2, 0.25) is 0 Å². The number of nitrogens with one attached hydrogen (secondary N) is 1. The fourth-order valence-electron chi connectivity index (χ4n) is 0.863. The van der Waals surface area contributed by atoms with Crippen LogP contribution < -0.4 is 5.32 Å². The van der Waals surface area contributed by atoms with Gasteiger partial charge in [0.2, 0.25) is 0 Å². The molecule has 0 saturated heterocycles. The molecular formula is C10H13N3. The summed E-state index contributed by atoms with van der Waals surface area (Å²) in [5.74, 6) is 0. The van der Waals surface area contributed by atoms with E-state index in [1.165, 1.54) is 0 Å². The van der Waals surface area contributed by atoms with Gasteiger partial charge in [-0.3, -0.25) is 10.3 Å². The highest BCUT2D eigenvalue weighted by atomic mass is 14.9. The highest BCUT2D eigenvalue weighted by Crippen LogP contribution is 2.02. The number of nitrogens with zero attached hydrogens (tertiary/aromatic N) is 2.